The molecule has 1 saturated heterocycles. The molecule has 1 N–H and O–H groups in total. The molecule has 5 heteroatoms. The predicted octanol–water partition coefficient (Wildman–Crippen LogP) is 2.02. The predicted molar refractivity (Wildman–Crippen MR) is 76.8 cm³/mol. The molecule has 0 atom stereocenters. The van der Waals surface area contributed by atoms with Crippen LogP contribution in [0.3, 0.4) is 0 Å². The molecule has 0 radical (unpaired) electrons. The van der Waals surface area contributed by atoms with E-state index < -0.39 is 0 Å². The first kappa shape index (κ1) is 14.7. The van der Waals surface area contributed by atoms with Gasteiger partial charge in [0.2, 0.25) is 0 Å². The van der Waals surface area contributed by atoms with E-state index in [2.05, 4.69) is 5.32 Å². The Kier molecular flexibility index (Phi) is 5.24. The van der Waals surface area contributed by atoms with Crippen molar-refractivity contribution in [1.82, 2.24) is 10.2 Å². The van der Waals surface area contributed by atoms with Crippen LogP contribution in [0.15, 0.2) is 24.3 Å². The fourth-order valence-corrected chi connectivity index (χ4v) is 2.06. The van der Waals surface area contributed by atoms with Crippen LogP contribution in [0.1, 0.15) is 19.4 Å². The molecule has 1 aromatic rings. The van der Waals surface area contributed by atoms with Gasteiger partial charge in [0.25, 0.3) is 0 Å². The Morgan fingerprint density at radius 1 is 1.40 bits per heavy atom. The largest absolute Gasteiger partial charge is 0.491 e. The van der Waals surface area contributed by atoms with Gasteiger partial charge in [0, 0.05) is 19.6 Å². The van der Waals surface area contributed by atoms with Crippen LogP contribution < -0.4 is 10.1 Å². The maximum atomic E-state index is 12.0. The highest BCUT2D eigenvalue weighted by atomic mass is 16.5. The Balaban J connectivity index is 1.85. The molecular formula is C15H22N2O3. The molecule has 5 nitrogen and oxygen atoms in total. The summed E-state index contributed by atoms with van der Waals surface area (Å²) in [5.41, 5.74) is 1.03. The van der Waals surface area contributed by atoms with E-state index in [4.69, 9.17) is 9.47 Å². The second-order valence-corrected chi connectivity index (χ2v) is 5.07. The first-order valence-corrected chi connectivity index (χ1v) is 7.01. The zero-order valence-corrected chi connectivity index (χ0v) is 12.1. The smallest absolute Gasteiger partial charge is 0.317 e. The summed E-state index contributed by atoms with van der Waals surface area (Å²) in [6.45, 7) is 7.03. The van der Waals surface area contributed by atoms with E-state index in [9.17, 15) is 4.79 Å². The lowest BCUT2D eigenvalue weighted by molar-refractivity contribution is 0.0531. The molecule has 0 bridgehead atoms. The van der Waals surface area contributed by atoms with Crippen molar-refractivity contribution in [2.24, 2.45) is 0 Å². The van der Waals surface area contributed by atoms with Gasteiger partial charge in [-0.1, -0.05) is 12.1 Å². The number of nitrogens with zero attached hydrogens (tertiary/aromatic N) is 1. The average Bonchev–Trinajstić information content (AvgIpc) is 2.45. The van der Waals surface area contributed by atoms with Gasteiger partial charge in [-0.25, -0.2) is 4.79 Å². The van der Waals surface area contributed by atoms with Gasteiger partial charge in [0.15, 0.2) is 0 Å². The summed E-state index contributed by atoms with van der Waals surface area (Å²) in [6, 6.07) is 7.76. The van der Waals surface area contributed by atoms with Crippen molar-refractivity contribution in [3.8, 4) is 5.75 Å². The van der Waals surface area contributed by atoms with Crippen LogP contribution in [-0.4, -0.2) is 43.3 Å². The second-order valence-electron chi connectivity index (χ2n) is 5.07. The third-order valence-corrected chi connectivity index (χ3v) is 3.01. The number of hydrogen-bond donors (Lipinski definition) is 1. The van der Waals surface area contributed by atoms with Crippen molar-refractivity contribution in [2.45, 2.75) is 26.5 Å². The highest BCUT2D eigenvalue weighted by molar-refractivity contribution is 5.74. The van der Waals surface area contributed by atoms with Gasteiger partial charge in [0.05, 0.1) is 19.3 Å². The van der Waals surface area contributed by atoms with Gasteiger partial charge >= 0.3 is 6.03 Å². The van der Waals surface area contributed by atoms with Crippen molar-refractivity contribution in [2.75, 3.05) is 26.3 Å². The lowest BCUT2D eigenvalue weighted by atomic mass is 10.2. The van der Waals surface area contributed by atoms with Crippen LogP contribution in [0.5, 0.6) is 5.75 Å². The molecule has 0 aliphatic carbocycles. The topological polar surface area (TPSA) is 50.8 Å². The molecule has 1 aromatic carbocycles. The van der Waals surface area contributed by atoms with Gasteiger partial charge in [-0.15, -0.1) is 0 Å². The minimum atomic E-state index is -0.0384. The lowest BCUT2D eigenvalue weighted by Crippen LogP contribution is -2.45. The van der Waals surface area contributed by atoms with E-state index >= 15 is 0 Å². The third kappa shape index (κ3) is 4.42. The number of ether oxygens (including phenoxy) is 2. The molecule has 110 valence electrons. The highest BCUT2D eigenvalue weighted by Crippen LogP contribution is 2.14. The molecule has 1 heterocycles. The molecule has 0 unspecified atom stereocenters. The third-order valence-electron chi connectivity index (χ3n) is 3.01. The number of morpholine rings is 1. The van der Waals surface area contributed by atoms with Crippen LogP contribution in [0.4, 0.5) is 4.79 Å². The quantitative estimate of drug-likeness (QED) is 0.916. The number of nitrogens with one attached hydrogen (secondary N) is 1. The number of rotatable bonds is 4. The van der Waals surface area contributed by atoms with Gasteiger partial charge < -0.3 is 19.7 Å². The molecule has 0 saturated carbocycles. The first-order valence-electron chi connectivity index (χ1n) is 7.01. The number of carbonyl (C=O) groups is 1. The lowest BCUT2D eigenvalue weighted by Gasteiger charge is -2.27. The highest BCUT2D eigenvalue weighted by Gasteiger charge is 2.16. The minimum absolute atomic E-state index is 0.0384. The summed E-state index contributed by atoms with van der Waals surface area (Å²) >= 11 is 0. The zero-order valence-electron chi connectivity index (χ0n) is 12.1. The van der Waals surface area contributed by atoms with Crippen LogP contribution in [0, 0.1) is 0 Å². The summed E-state index contributed by atoms with van der Waals surface area (Å²) in [5, 5.41) is 2.93. The molecule has 2 amide bonds. The van der Waals surface area contributed by atoms with Crippen molar-refractivity contribution < 1.29 is 14.3 Å². The van der Waals surface area contributed by atoms with E-state index in [0.29, 0.717) is 32.8 Å². The molecule has 1 fully saturated rings. The molecule has 0 spiro atoms. The summed E-state index contributed by atoms with van der Waals surface area (Å²) in [5.74, 6) is 0.832. The summed E-state index contributed by atoms with van der Waals surface area (Å²) < 4.78 is 10.9. The van der Waals surface area contributed by atoms with Gasteiger partial charge in [-0.3, -0.25) is 0 Å². The summed E-state index contributed by atoms with van der Waals surface area (Å²) in [6.07, 6.45) is 0.146. The van der Waals surface area contributed by atoms with E-state index in [1.165, 1.54) is 0 Å². The number of urea groups is 1. The van der Waals surface area contributed by atoms with Gasteiger partial charge in [-0.2, -0.15) is 0 Å². The minimum Gasteiger partial charge on any atom is -0.491 e. The van der Waals surface area contributed by atoms with Crippen molar-refractivity contribution in [1.29, 1.82) is 0 Å². The maximum absolute atomic E-state index is 12.0. The Hall–Kier alpha value is -1.75. The number of amides is 2. The molecule has 0 aromatic heterocycles. The van der Waals surface area contributed by atoms with E-state index in [1.807, 2.05) is 38.1 Å². The van der Waals surface area contributed by atoms with Crippen molar-refractivity contribution in [3.63, 3.8) is 0 Å². The van der Waals surface area contributed by atoms with Crippen molar-refractivity contribution >= 4 is 6.03 Å². The maximum Gasteiger partial charge on any atom is 0.317 e. The van der Waals surface area contributed by atoms with E-state index in [-0.39, 0.29) is 12.1 Å². The average molecular weight is 278 g/mol. The Morgan fingerprint density at radius 2 is 2.15 bits per heavy atom. The molecule has 2 rings (SSSR count). The van der Waals surface area contributed by atoms with Gasteiger partial charge in [-0.05, 0) is 31.5 Å². The number of hydrogen-bond acceptors (Lipinski definition) is 3. The number of carbonyl (C=O) groups excluding carboxylic acids is 1. The Bertz CT molecular complexity index is 442. The molecular weight excluding hydrogens is 256 g/mol. The number of benzene rings is 1. The van der Waals surface area contributed by atoms with Crippen LogP contribution in [0.2, 0.25) is 0 Å². The van der Waals surface area contributed by atoms with Crippen molar-refractivity contribution in [3.05, 3.63) is 29.8 Å². The molecule has 1 aliphatic rings. The monoisotopic (exact) mass is 278 g/mol. The fraction of sp³-hybridized carbons (Fsp3) is 0.533. The van der Waals surface area contributed by atoms with Crippen LogP contribution >= 0.6 is 0 Å². The Labute approximate surface area is 119 Å². The Morgan fingerprint density at radius 3 is 2.85 bits per heavy atom. The summed E-state index contributed by atoms with van der Waals surface area (Å²) in [7, 11) is 0. The molecule has 20 heavy (non-hydrogen) atoms. The van der Waals surface area contributed by atoms with Crippen LogP contribution in [0.25, 0.3) is 0 Å². The standard InChI is InChI=1S/C15H22N2O3/c1-12(2)20-14-5-3-4-13(10-14)11-16-15(18)17-6-8-19-9-7-17/h3-5,10,12H,6-9,11H2,1-2H3,(H,16,18). The van der Waals surface area contributed by atoms with E-state index in [0.717, 1.165) is 11.3 Å². The fourth-order valence-electron chi connectivity index (χ4n) is 2.06. The SMILES string of the molecule is CC(C)Oc1cccc(CNC(=O)N2CCOCC2)c1. The van der Waals surface area contributed by atoms with E-state index in [1.54, 1.807) is 4.90 Å². The first-order chi connectivity index (χ1) is 9.65. The normalized spacial score (nSPS) is 15.2. The zero-order chi connectivity index (χ0) is 14.4. The van der Waals surface area contributed by atoms with Crippen LogP contribution in [-0.2, 0) is 11.3 Å². The second kappa shape index (κ2) is 7.14. The summed E-state index contributed by atoms with van der Waals surface area (Å²) in [4.78, 5) is 13.7. The molecule has 1 aliphatic heterocycles. The van der Waals surface area contributed by atoms with Gasteiger partial charge in [0.1, 0.15) is 5.75 Å².